The third-order valence-corrected chi connectivity index (χ3v) is 9.39. The number of hydrogen-bond acceptors (Lipinski definition) is 6. The number of rotatable bonds is 28. The van der Waals surface area contributed by atoms with Crippen molar-refractivity contribution in [2.45, 2.75) is 149 Å². The Hall–Kier alpha value is -3.10. The summed E-state index contributed by atoms with van der Waals surface area (Å²) in [7, 11) is 0. The van der Waals surface area contributed by atoms with E-state index in [-0.39, 0.29) is 32.5 Å². The van der Waals surface area contributed by atoms with Crippen LogP contribution in [-0.2, 0) is 19.1 Å². The quantitative estimate of drug-likeness (QED) is 0.0509. The average Bonchev–Trinajstić information content (AvgIpc) is 3.11. The Morgan fingerprint density at radius 1 is 0.490 bits per heavy atom. The van der Waals surface area contributed by atoms with Gasteiger partial charge in [0.1, 0.15) is 6.42 Å². The Kier molecular flexibility index (Phi) is 23.8. The van der Waals surface area contributed by atoms with Gasteiger partial charge in [0.2, 0.25) is 11.8 Å². The summed E-state index contributed by atoms with van der Waals surface area (Å²) < 4.78 is 10.8. The molecule has 284 valence electrons. The van der Waals surface area contributed by atoms with Crippen LogP contribution in [0.1, 0.15) is 169 Å². The predicted octanol–water partition coefficient (Wildman–Crippen LogP) is 12.1. The molecule has 2 aromatic carbocycles. The van der Waals surface area contributed by atoms with E-state index in [1.54, 1.807) is 0 Å². The fourth-order valence-electron chi connectivity index (χ4n) is 5.71. The molecule has 0 bridgehead atoms. The number of hydrogen-bond donors (Lipinski definition) is 2. The lowest BCUT2D eigenvalue weighted by atomic mass is 10.1. The molecule has 0 saturated heterocycles. The molecule has 0 aliphatic heterocycles. The van der Waals surface area contributed by atoms with Crippen molar-refractivity contribution in [1.82, 2.24) is 0 Å². The zero-order valence-electron chi connectivity index (χ0n) is 30.9. The molecule has 2 rings (SSSR count). The molecule has 0 spiro atoms. The monoisotopic (exact) mass is 746 g/mol. The molecule has 51 heavy (non-hydrogen) atoms. The van der Waals surface area contributed by atoms with Gasteiger partial charge in [-0.1, -0.05) is 153 Å². The minimum Gasteiger partial charge on any atom is -0.462 e. The molecule has 0 aromatic heterocycles. The van der Waals surface area contributed by atoms with Crippen LogP contribution in [0.4, 0.5) is 11.4 Å². The van der Waals surface area contributed by atoms with Crippen LogP contribution >= 0.6 is 23.2 Å². The first-order chi connectivity index (χ1) is 24.7. The van der Waals surface area contributed by atoms with Gasteiger partial charge in [0, 0.05) is 0 Å². The van der Waals surface area contributed by atoms with Crippen molar-refractivity contribution in [3.8, 4) is 0 Å². The standard InChI is InChI=1S/C41H60Cl2N2O6/c1-3-5-7-9-11-13-15-17-19-21-27-50-40(48)32-23-25-34(42)36(29-32)44-38(46)31-39(47)45-37-30-33(24-26-35(37)43)41(49)51-28-22-20-18-16-14-12-10-8-6-4-2/h23-26,29-30H,3-22,27-28,31H2,1-2H3,(H,44,46)(H,45,47). The van der Waals surface area contributed by atoms with Crippen LogP contribution in [0, 0.1) is 0 Å². The minimum absolute atomic E-state index is 0.188. The lowest BCUT2D eigenvalue weighted by Gasteiger charge is -2.11. The van der Waals surface area contributed by atoms with Crippen LogP contribution < -0.4 is 10.6 Å². The number of amides is 2. The third kappa shape index (κ3) is 19.9. The molecule has 2 N–H and O–H groups in total. The molecule has 2 amide bonds. The fourth-order valence-corrected chi connectivity index (χ4v) is 6.04. The number of carbonyl (C=O) groups is 4. The van der Waals surface area contributed by atoms with E-state index < -0.39 is 30.2 Å². The molecule has 0 unspecified atom stereocenters. The number of halogens is 2. The Labute approximate surface area is 316 Å². The predicted molar refractivity (Wildman–Crippen MR) is 209 cm³/mol. The summed E-state index contributed by atoms with van der Waals surface area (Å²) in [6, 6.07) is 8.91. The van der Waals surface area contributed by atoms with Gasteiger partial charge in [-0.05, 0) is 49.2 Å². The second kappa shape index (κ2) is 27.5. The van der Waals surface area contributed by atoms with Gasteiger partial charge in [0.15, 0.2) is 0 Å². The van der Waals surface area contributed by atoms with Crippen LogP contribution in [0.25, 0.3) is 0 Å². The summed E-state index contributed by atoms with van der Waals surface area (Å²) in [5.41, 5.74) is 0.867. The topological polar surface area (TPSA) is 111 Å². The molecule has 0 aliphatic carbocycles. The number of unbranched alkanes of at least 4 members (excludes halogenated alkanes) is 18. The second-order valence-corrected chi connectivity index (χ2v) is 14.1. The van der Waals surface area contributed by atoms with Crippen molar-refractivity contribution in [3.63, 3.8) is 0 Å². The first kappa shape index (κ1) is 44.1. The van der Waals surface area contributed by atoms with Gasteiger partial charge < -0.3 is 20.1 Å². The zero-order valence-corrected chi connectivity index (χ0v) is 32.4. The zero-order chi connectivity index (χ0) is 37.1. The smallest absolute Gasteiger partial charge is 0.338 e. The van der Waals surface area contributed by atoms with Crippen LogP contribution in [0.15, 0.2) is 36.4 Å². The Morgan fingerprint density at radius 3 is 1.14 bits per heavy atom. The highest BCUT2D eigenvalue weighted by Gasteiger charge is 2.17. The van der Waals surface area contributed by atoms with E-state index in [0.29, 0.717) is 13.2 Å². The minimum atomic E-state index is -0.645. The number of nitrogens with one attached hydrogen (secondary N) is 2. The summed E-state index contributed by atoms with van der Waals surface area (Å²) in [6.45, 7) is 5.09. The van der Waals surface area contributed by atoms with Crippen molar-refractivity contribution in [2.75, 3.05) is 23.8 Å². The molecule has 10 heteroatoms. The third-order valence-electron chi connectivity index (χ3n) is 8.74. The van der Waals surface area contributed by atoms with Gasteiger partial charge in [-0.3, -0.25) is 9.59 Å². The first-order valence-corrected chi connectivity index (χ1v) is 20.0. The average molecular weight is 748 g/mol. The van der Waals surface area contributed by atoms with E-state index in [0.717, 1.165) is 38.5 Å². The van der Waals surface area contributed by atoms with E-state index >= 15 is 0 Å². The van der Waals surface area contributed by atoms with Crippen LogP contribution in [0.2, 0.25) is 10.0 Å². The molecule has 0 atom stereocenters. The molecule has 0 fully saturated rings. The Balaban J connectivity index is 1.72. The molecule has 8 nitrogen and oxygen atoms in total. The largest absolute Gasteiger partial charge is 0.462 e. The van der Waals surface area contributed by atoms with Crippen molar-refractivity contribution in [1.29, 1.82) is 0 Å². The van der Waals surface area contributed by atoms with Gasteiger partial charge in [-0.2, -0.15) is 0 Å². The summed E-state index contributed by atoms with van der Waals surface area (Å²) in [6.07, 6.45) is 23.2. The first-order valence-electron chi connectivity index (χ1n) is 19.3. The maximum absolute atomic E-state index is 12.7. The van der Waals surface area contributed by atoms with Crippen molar-refractivity contribution in [3.05, 3.63) is 57.6 Å². The summed E-state index contributed by atoms with van der Waals surface area (Å²) in [5, 5.41) is 5.59. The van der Waals surface area contributed by atoms with E-state index in [2.05, 4.69) is 24.5 Å². The van der Waals surface area contributed by atoms with Crippen LogP contribution in [0.3, 0.4) is 0 Å². The highest BCUT2D eigenvalue weighted by Crippen LogP contribution is 2.26. The Morgan fingerprint density at radius 2 is 0.804 bits per heavy atom. The molecule has 0 radical (unpaired) electrons. The highest BCUT2D eigenvalue weighted by molar-refractivity contribution is 6.34. The van der Waals surface area contributed by atoms with E-state index in [1.807, 2.05) is 0 Å². The molecule has 0 saturated carbocycles. The fraction of sp³-hybridized carbons (Fsp3) is 0.610. The van der Waals surface area contributed by atoms with E-state index in [9.17, 15) is 19.2 Å². The summed E-state index contributed by atoms with van der Waals surface area (Å²) in [4.78, 5) is 50.7. The van der Waals surface area contributed by atoms with E-state index in [1.165, 1.54) is 126 Å². The second-order valence-electron chi connectivity index (χ2n) is 13.3. The number of carbonyl (C=O) groups excluding carboxylic acids is 4. The Bertz CT molecular complexity index is 1240. The molecule has 0 heterocycles. The van der Waals surface area contributed by atoms with Crippen LogP contribution in [-0.4, -0.2) is 37.0 Å². The van der Waals surface area contributed by atoms with Gasteiger partial charge in [-0.15, -0.1) is 0 Å². The highest BCUT2D eigenvalue weighted by atomic mass is 35.5. The summed E-state index contributed by atoms with van der Waals surface area (Å²) in [5.74, 6) is -2.30. The molecular formula is C41H60Cl2N2O6. The SMILES string of the molecule is CCCCCCCCCCCCOC(=O)c1ccc(Cl)c(NC(=O)CC(=O)Nc2cc(C(=O)OCCCCCCCCCCCC)ccc2Cl)c1. The van der Waals surface area contributed by atoms with Crippen molar-refractivity contribution < 1.29 is 28.7 Å². The summed E-state index contributed by atoms with van der Waals surface area (Å²) >= 11 is 12.5. The maximum Gasteiger partial charge on any atom is 0.338 e. The van der Waals surface area contributed by atoms with Crippen LogP contribution in [0.5, 0.6) is 0 Å². The lowest BCUT2D eigenvalue weighted by Crippen LogP contribution is -2.22. The van der Waals surface area contributed by atoms with E-state index in [4.69, 9.17) is 32.7 Å². The number of esters is 2. The van der Waals surface area contributed by atoms with Gasteiger partial charge in [-0.25, -0.2) is 9.59 Å². The maximum atomic E-state index is 12.7. The van der Waals surface area contributed by atoms with Gasteiger partial charge in [0.25, 0.3) is 0 Å². The molecular weight excluding hydrogens is 687 g/mol. The van der Waals surface area contributed by atoms with Crippen molar-refractivity contribution in [2.24, 2.45) is 0 Å². The molecule has 0 aliphatic rings. The number of benzene rings is 2. The molecule has 2 aromatic rings. The van der Waals surface area contributed by atoms with Crippen molar-refractivity contribution >= 4 is 58.3 Å². The number of anilines is 2. The van der Waals surface area contributed by atoms with Gasteiger partial charge in [0.05, 0.1) is 45.8 Å². The lowest BCUT2D eigenvalue weighted by molar-refractivity contribution is -0.123. The number of ether oxygens (including phenoxy) is 2. The normalized spacial score (nSPS) is 10.9. The van der Waals surface area contributed by atoms with Gasteiger partial charge >= 0.3 is 11.9 Å².